The second-order valence-corrected chi connectivity index (χ2v) is 11.4. The highest BCUT2D eigenvalue weighted by molar-refractivity contribution is 7.92. The van der Waals surface area contributed by atoms with E-state index >= 15 is 0 Å². The molecule has 1 atom stereocenters. The van der Waals surface area contributed by atoms with Gasteiger partial charge < -0.3 is 10.2 Å². The molecule has 11 heteroatoms. The first-order chi connectivity index (χ1) is 16.5. The molecule has 2 aromatic rings. The summed E-state index contributed by atoms with van der Waals surface area (Å²) in [6.07, 6.45) is 4.67. The van der Waals surface area contributed by atoms with Gasteiger partial charge in [0.1, 0.15) is 18.4 Å². The van der Waals surface area contributed by atoms with Gasteiger partial charge in [0.2, 0.25) is 21.8 Å². The number of carbonyl (C=O) groups excluding carboxylic acids is 2. The summed E-state index contributed by atoms with van der Waals surface area (Å²) in [5.41, 5.74) is 0.276. The summed E-state index contributed by atoms with van der Waals surface area (Å²) in [5, 5.41) is 3.68. The van der Waals surface area contributed by atoms with E-state index in [9.17, 15) is 22.4 Å². The molecular weight excluding hydrogens is 516 g/mol. The summed E-state index contributed by atoms with van der Waals surface area (Å²) in [6.45, 7) is 0.814. The molecule has 3 rings (SSSR count). The summed E-state index contributed by atoms with van der Waals surface area (Å²) in [5.74, 6) is -1.82. The molecule has 0 unspecified atom stereocenters. The van der Waals surface area contributed by atoms with Crippen LogP contribution in [-0.2, 0) is 26.2 Å². The van der Waals surface area contributed by atoms with E-state index in [-0.39, 0.29) is 24.2 Å². The Labute approximate surface area is 215 Å². The van der Waals surface area contributed by atoms with E-state index in [0.29, 0.717) is 19.9 Å². The van der Waals surface area contributed by atoms with Gasteiger partial charge in [0.25, 0.3) is 0 Å². The van der Waals surface area contributed by atoms with E-state index in [4.69, 9.17) is 23.2 Å². The normalized spacial score (nSPS) is 15.0. The van der Waals surface area contributed by atoms with E-state index in [2.05, 4.69) is 5.32 Å². The predicted octanol–water partition coefficient (Wildman–Crippen LogP) is 4.37. The van der Waals surface area contributed by atoms with Crippen LogP contribution in [0.1, 0.15) is 38.2 Å². The van der Waals surface area contributed by atoms with Crippen molar-refractivity contribution < 1.29 is 22.4 Å². The number of para-hydroxylation sites is 1. The summed E-state index contributed by atoms with van der Waals surface area (Å²) in [7, 11) is -4.02. The van der Waals surface area contributed by atoms with Crippen molar-refractivity contribution in [1.82, 2.24) is 10.2 Å². The Morgan fingerprint density at radius 2 is 1.80 bits per heavy atom. The van der Waals surface area contributed by atoms with Gasteiger partial charge in [0.15, 0.2) is 0 Å². The minimum absolute atomic E-state index is 0.0342. The number of sulfonamides is 1. The Morgan fingerprint density at radius 3 is 2.40 bits per heavy atom. The van der Waals surface area contributed by atoms with Crippen LogP contribution >= 0.6 is 23.2 Å². The SMILES string of the molecule is C[C@@H](C(=O)NC1CCCC1)N(Cc1ccc(Cl)cc1Cl)C(=O)CN(c1ccccc1F)S(C)(=O)=O. The molecule has 35 heavy (non-hydrogen) atoms. The van der Waals surface area contributed by atoms with Crippen molar-refractivity contribution in [3.05, 3.63) is 63.9 Å². The Morgan fingerprint density at radius 1 is 1.14 bits per heavy atom. The van der Waals surface area contributed by atoms with Crippen LogP contribution in [0, 0.1) is 5.82 Å². The third-order valence-corrected chi connectivity index (χ3v) is 7.74. The first-order valence-corrected chi connectivity index (χ1v) is 13.8. The fraction of sp³-hybridized carbons (Fsp3) is 0.417. The van der Waals surface area contributed by atoms with E-state index in [1.165, 1.54) is 29.2 Å². The van der Waals surface area contributed by atoms with Crippen molar-refractivity contribution in [3.8, 4) is 0 Å². The average molecular weight is 544 g/mol. The van der Waals surface area contributed by atoms with Gasteiger partial charge in [-0.25, -0.2) is 12.8 Å². The maximum absolute atomic E-state index is 14.4. The van der Waals surface area contributed by atoms with Crippen molar-refractivity contribution in [2.75, 3.05) is 17.1 Å². The summed E-state index contributed by atoms with van der Waals surface area (Å²) < 4.78 is 40.1. The molecule has 0 radical (unpaired) electrons. The molecule has 0 aliphatic heterocycles. The monoisotopic (exact) mass is 543 g/mol. The molecule has 2 aromatic carbocycles. The standard InChI is InChI=1S/C24H28Cl2FN3O4S/c1-16(24(32)28-19-7-3-4-8-19)29(14-17-11-12-18(25)13-20(17)26)23(31)15-30(35(2,33)34)22-10-6-5-9-21(22)27/h5-6,9-13,16,19H,3-4,7-8,14-15H2,1-2H3,(H,28,32)/t16-/m0/s1. The summed E-state index contributed by atoms with van der Waals surface area (Å²) >= 11 is 12.3. The molecule has 2 amide bonds. The van der Waals surface area contributed by atoms with Crippen molar-refractivity contribution in [3.63, 3.8) is 0 Å². The van der Waals surface area contributed by atoms with E-state index in [1.54, 1.807) is 19.1 Å². The fourth-order valence-corrected chi connectivity index (χ4v) is 5.38. The lowest BCUT2D eigenvalue weighted by atomic mass is 10.1. The predicted molar refractivity (Wildman–Crippen MR) is 135 cm³/mol. The highest BCUT2D eigenvalue weighted by Gasteiger charge is 2.32. The number of amides is 2. The minimum atomic E-state index is -4.02. The number of anilines is 1. The Hall–Kier alpha value is -2.36. The lowest BCUT2D eigenvalue weighted by Crippen LogP contribution is -2.52. The minimum Gasteiger partial charge on any atom is -0.352 e. The van der Waals surface area contributed by atoms with Crippen LogP contribution in [-0.4, -0.2) is 50.0 Å². The topological polar surface area (TPSA) is 86.8 Å². The number of rotatable bonds is 9. The van der Waals surface area contributed by atoms with Crippen LogP contribution in [0.25, 0.3) is 0 Å². The Bertz CT molecular complexity index is 1190. The fourth-order valence-electron chi connectivity index (χ4n) is 4.06. The van der Waals surface area contributed by atoms with E-state index in [0.717, 1.165) is 38.0 Å². The van der Waals surface area contributed by atoms with Crippen molar-refractivity contribution in [2.24, 2.45) is 0 Å². The van der Waals surface area contributed by atoms with Crippen LogP contribution in [0.15, 0.2) is 42.5 Å². The summed E-state index contributed by atoms with van der Waals surface area (Å²) in [6, 6.07) is 9.15. The molecule has 1 aliphatic rings. The molecule has 0 bridgehead atoms. The highest BCUT2D eigenvalue weighted by Crippen LogP contribution is 2.25. The molecule has 7 nitrogen and oxygen atoms in total. The van der Waals surface area contributed by atoms with Crippen LogP contribution in [0.5, 0.6) is 0 Å². The van der Waals surface area contributed by atoms with E-state index < -0.39 is 34.3 Å². The lowest BCUT2D eigenvalue weighted by molar-refractivity contribution is -0.139. The van der Waals surface area contributed by atoms with Crippen molar-refractivity contribution in [1.29, 1.82) is 0 Å². The molecule has 0 spiro atoms. The lowest BCUT2D eigenvalue weighted by Gasteiger charge is -2.32. The van der Waals surface area contributed by atoms with Gasteiger partial charge in [-0.2, -0.15) is 0 Å². The number of hydrogen-bond acceptors (Lipinski definition) is 4. The molecule has 190 valence electrons. The molecule has 1 aliphatic carbocycles. The smallest absolute Gasteiger partial charge is 0.244 e. The number of hydrogen-bond donors (Lipinski definition) is 1. The van der Waals surface area contributed by atoms with Gasteiger partial charge in [0, 0.05) is 22.6 Å². The first kappa shape index (κ1) is 27.2. The molecule has 0 saturated heterocycles. The number of benzene rings is 2. The second kappa shape index (κ2) is 11.6. The molecule has 1 N–H and O–H groups in total. The Balaban J connectivity index is 1.91. The molecule has 1 saturated carbocycles. The van der Waals surface area contributed by atoms with Gasteiger partial charge in [-0.15, -0.1) is 0 Å². The van der Waals surface area contributed by atoms with Crippen LogP contribution in [0.4, 0.5) is 10.1 Å². The Kier molecular flexibility index (Phi) is 9.01. The number of nitrogens with one attached hydrogen (secondary N) is 1. The van der Waals surface area contributed by atoms with Gasteiger partial charge in [-0.05, 0) is 49.6 Å². The highest BCUT2D eigenvalue weighted by atomic mass is 35.5. The molecular formula is C24H28Cl2FN3O4S. The van der Waals surface area contributed by atoms with Crippen LogP contribution in [0.3, 0.4) is 0 Å². The zero-order valence-corrected chi connectivity index (χ0v) is 21.8. The van der Waals surface area contributed by atoms with Gasteiger partial charge >= 0.3 is 0 Å². The third kappa shape index (κ3) is 7.08. The number of halogens is 3. The van der Waals surface area contributed by atoms with Crippen molar-refractivity contribution in [2.45, 2.75) is 51.2 Å². The summed E-state index contributed by atoms with van der Waals surface area (Å²) in [4.78, 5) is 27.8. The molecule has 0 heterocycles. The first-order valence-electron chi connectivity index (χ1n) is 11.2. The number of nitrogens with zero attached hydrogens (tertiary/aromatic N) is 2. The third-order valence-electron chi connectivity index (χ3n) is 6.02. The zero-order valence-electron chi connectivity index (χ0n) is 19.5. The van der Waals surface area contributed by atoms with Gasteiger partial charge in [0.05, 0.1) is 11.9 Å². The van der Waals surface area contributed by atoms with Crippen molar-refractivity contribution >= 4 is 50.7 Å². The average Bonchev–Trinajstić information content (AvgIpc) is 3.29. The largest absolute Gasteiger partial charge is 0.352 e. The zero-order chi connectivity index (χ0) is 25.8. The maximum atomic E-state index is 14.4. The molecule has 1 fully saturated rings. The molecule has 0 aromatic heterocycles. The quantitative estimate of drug-likeness (QED) is 0.508. The van der Waals surface area contributed by atoms with Gasteiger partial charge in [-0.1, -0.05) is 54.2 Å². The maximum Gasteiger partial charge on any atom is 0.244 e. The number of carbonyl (C=O) groups is 2. The second-order valence-electron chi connectivity index (χ2n) is 8.64. The van der Waals surface area contributed by atoms with E-state index in [1.807, 2.05) is 0 Å². The van der Waals surface area contributed by atoms with Crippen LogP contribution < -0.4 is 9.62 Å². The van der Waals surface area contributed by atoms with Crippen LogP contribution in [0.2, 0.25) is 10.0 Å². The van der Waals surface area contributed by atoms with Gasteiger partial charge in [-0.3, -0.25) is 13.9 Å².